The number of aromatic nitrogens is 2. The Labute approximate surface area is 124 Å². The van der Waals surface area contributed by atoms with E-state index in [2.05, 4.69) is 15.0 Å². The van der Waals surface area contributed by atoms with Crippen LogP contribution in [0.15, 0.2) is 0 Å². The van der Waals surface area contributed by atoms with Crippen LogP contribution in [0.25, 0.3) is 0 Å². The third kappa shape index (κ3) is 3.74. The largest absolute Gasteiger partial charge is 0.464 e. The predicted molar refractivity (Wildman–Crippen MR) is 79.9 cm³/mol. The molecule has 1 aromatic rings. The van der Waals surface area contributed by atoms with Crippen molar-refractivity contribution in [1.29, 1.82) is 0 Å². The fraction of sp³-hybridized carbons (Fsp3) is 0.643. The second-order valence-electron chi connectivity index (χ2n) is 5.29. The maximum atomic E-state index is 12.2. The van der Waals surface area contributed by atoms with E-state index in [9.17, 15) is 9.59 Å². The highest BCUT2D eigenvalue weighted by Gasteiger charge is 2.26. The molecule has 0 saturated heterocycles. The molecule has 1 amide bonds. The molecule has 1 heterocycles. The number of rotatable bonds is 6. The molecule has 118 valence electrons. The number of esters is 1. The Bertz CT molecular complexity index is 523. The molecule has 1 aromatic heterocycles. The van der Waals surface area contributed by atoms with Crippen molar-refractivity contribution in [2.24, 2.45) is 5.92 Å². The van der Waals surface area contributed by atoms with Gasteiger partial charge in [-0.2, -0.15) is 0 Å². The summed E-state index contributed by atoms with van der Waals surface area (Å²) in [6.45, 7) is 8.24. The number of carbonyl (C=O) groups is 2. The van der Waals surface area contributed by atoms with Crippen LogP contribution in [0.4, 0.5) is 5.82 Å². The summed E-state index contributed by atoms with van der Waals surface area (Å²) < 4.78 is 6.24. The second kappa shape index (κ2) is 7.10. The summed E-state index contributed by atoms with van der Waals surface area (Å²) in [7, 11) is 1.27. The number of nitrogens with one attached hydrogen (secondary N) is 1. The highest BCUT2D eigenvalue weighted by molar-refractivity contribution is 5.93. The minimum atomic E-state index is -0.601. The Balaban J connectivity index is 3.08. The average molecular weight is 296 g/mol. The average Bonchev–Trinajstić information content (AvgIpc) is 2.79. The molecular weight excluding hydrogens is 272 g/mol. The SMILES string of the molecule is CCc1nc(C(=O)OC)c(N)n1C(C)C(=O)NCC(C)C. The van der Waals surface area contributed by atoms with E-state index in [0.29, 0.717) is 24.7 Å². The first-order chi connectivity index (χ1) is 9.83. The lowest BCUT2D eigenvalue weighted by atomic mass is 10.2. The fourth-order valence-corrected chi connectivity index (χ4v) is 1.99. The van der Waals surface area contributed by atoms with Gasteiger partial charge in [0, 0.05) is 13.0 Å². The number of ether oxygens (including phenoxy) is 1. The number of methoxy groups -OCH3 is 1. The quantitative estimate of drug-likeness (QED) is 0.767. The maximum Gasteiger partial charge on any atom is 0.360 e. The highest BCUT2D eigenvalue weighted by Crippen LogP contribution is 2.22. The standard InChI is InChI=1S/C14H24N4O3/c1-6-10-17-11(14(20)21-5)12(15)18(10)9(4)13(19)16-7-8(2)3/h8-9H,6-7,15H2,1-5H3,(H,16,19). The van der Waals surface area contributed by atoms with Gasteiger partial charge < -0.3 is 20.4 Å². The van der Waals surface area contributed by atoms with Crippen LogP contribution in [0.5, 0.6) is 0 Å². The van der Waals surface area contributed by atoms with Gasteiger partial charge >= 0.3 is 5.97 Å². The van der Waals surface area contributed by atoms with Gasteiger partial charge in [0.05, 0.1) is 7.11 Å². The van der Waals surface area contributed by atoms with E-state index in [0.717, 1.165) is 0 Å². The molecule has 0 aliphatic carbocycles. The summed E-state index contributed by atoms with van der Waals surface area (Å²) in [5.41, 5.74) is 6.02. The predicted octanol–water partition coefficient (Wildman–Crippen LogP) is 1.15. The Morgan fingerprint density at radius 1 is 1.38 bits per heavy atom. The zero-order chi connectivity index (χ0) is 16.2. The highest BCUT2D eigenvalue weighted by atomic mass is 16.5. The zero-order valence-corrected chi connectivity index (χ0v) is 13.3. The first-order valence-electron chi connectivity index (χ1n) is 7.06. The summed E-state index contributed by atoms with van der Waals surface area (Å²) >= 11 is 0. The molecule has 3 N–H and O–H groups in total. The van der Waals surface area contributed by atoms with E-state index < -0.39 is 12.0 Å². The van der Waals surface area contributed by atoms with Gasteiger partial charge in [0.15, 0.2) is 5.69 Å². The molecule has 1 atom stereocenters. The Morgan fingerprint density at radius 3 is 2.48 bits per heavy atom. The van der Waals surface area contributed by atoms with Crippen LogP contribution >= 0.6 is 0 Å². The van der Waals surface area contributed by atoms with Crippen molar-refractivity contribution in [2.45, 2.75) is 40.2 Å². The topological polar surface area (TPSA) is 99.2 Å². The minimum absolute atomic E-state index is 0.0536. The number of hydrogen-bond acceptors (Lipinski definition) is 5. The summed E-state index contributed by atoms with van der Waals surface area (Å²) in [5.74, 6) is 0.346. The molecule has 7 nitrogen and oxygen atoms in total. The number of hydrogen-bond donors (Lipinski definition) is 2. The first-order valence-corrected chi connectivity index (χ1v) is 7.06. The number of aryl methyl sites for hydroxylation is 1. The molecule has 0 bridgehead atoms. The van der Waals surface area contributed by atoms with E-state index in [1.807, 2.05) is 20.8 Å². The monoisotopic (exact) mass is 296 g/mol. The van der Waals surface area contributed by atoms with Crippen LogP contribution in [-0.4, -0.2) is 35.1 Å². The van der Waals surface area contributed by atoms with Gasteiger partial charge in [-0.1, -0.05) is 20.8 Å². The summed E-state index contributed by atoms with van der Waals surface area (Å²) in [5, 5.41) is 2.85. The van der Waals surface area contributed by atoms with Crippen molar-refractivity contribution >= 4 is 17.7 Å². The third-order valence-electron chi connectivity index (χ3n) is 3.17. The van der Waals surface area contributed by atoms with Crippen molar-refractivity contribution in [2.75, 3.05) is 19.4 Å². The Kier molecular flexibility index (Phi) is 5.75. The minimum Gasteiger partial charge on any atom is -0.464 e. The van der Waals surface area contributed by atoms with Crippen LogP contribution in [0.2, 0.25) is 0 Å². The van der Waals surface area contributed by atoms with E-state index in [1.54, 1.807) is 11.5 Å². The van der Waals surface area contributed by atoms with Crippen molar-refractivity contribution in [3.63, 3.8) is 0 Å². The number of carbonyl (C=O) groups excluding carboxylic acids is 2. The van der Waals surface area contributed by atoms with E-state index >= 15 is 0 Å². The molecule has 1 unspecified atom stereocenters. The normalized spacial score (nSPS) is 12.3. The summed E-state index contributed by atoms with van der Waals surface area (Å²) in [6, 6.07) is -0.537. The molecule has 0 spiro atoms. The van der Waals surface area contributed by atoms with Crippen molar-refractivity contribution < 1.29 is 14.3 Å². The Hall–Kier alpha value is -2.05. The smallest absolute Gasteiger partial charge is 0.360 e. The summed E-state index contributed by atoms with van der Waals surface area (Å²) in [6.07, 6.45) is 0.559. The number of nitrogens with two attached hydrogens (primary N) is 1. The summed E-state index contributed by atoms with van der Waals surface area (Å²) in [4.78, 5) is 28.0. The molecule has 0 aliphatic rings. The molecular formula is C14H24N4O3. The van der Waals surface area contributed by atoms with Gasteiger partial charge in [-0.25, -0.2) is 9.78 Å². The van der Waals surface area contributed by atoms with Crippen LogP contribution in [0.1, 0.15) is 50.0 Å². The van der Waals surface area contributed by atoms with Gasteiger partial charge in [-0.05, 0) is 12.8 Å². The van der Waals surface area contributed by atoms with Crippen LogP contribution in [-0.2, 0) is 16.0 Å². The van der Waals surface area contributed by atoms with Crippen LogP contribution in [0.3, 0.4) is 0 Å². The van der Waals surface area contributed by atoms with Crippen molar-refractivity contribution in [3.8, 4) is 0 Å². The third-order valence-corrected chi connectivity index (χ3v) is 3.17. The van der Waals surface area contributed by atoms with Gasteiger partial charge in [0.2, 0.25) is 5.91 Å². The maximum absolute atomic E-state index is 12.2. The van der Waals surface area contributed by atoms with E-state index in [4.69, 9.17) is 5.73 Å². The number of nitrogens with zero attached hydrogens (tertiary/aromatic N) is 2. The number of imidazole rings is 1. The first kappa shape index (κ1) is 17.0. The molecule has 0 aromatic carbocycles. The molecule has 0 radical (unpaired) electrons. The van der Waals surface area contributed by atoms with Gasteiger partial charge in [-0.15, -0.1) is 0 Å². The molecule has 0 saturated carbocycles. The molecule has 0 aliphatic heterocycles. The van der Waals surface area contributed by atoms with Gasteiger partial charge in [0.25, 0.3) is 0 Å². The van der Waals surface area contributed by atoms with E-state index in [-0.39, 0.29) is 17.4 Å². The van der Waals surface area contributed by atoms with Crippen LogP contribution < -0.4 is 11.1 Å². The number of nitrogen functional groups attached to an aromatic ring is 1. The molecule has 0 fully saturated rings. The van der Waals surface area contributed by atoms with Crippen molar-refractivity contribution in [1.82, 2.24) is 14.9 Å². The van der Waals surface area contributed by atoms with Gasteiger partial charge in [0.1, 0.15) is 17.7 Å². The van der Waals surface area contributed by atoms with Crippen molar-refractivity contribution in [3.05, 3.63) is 11.5 Å². The van der Waals surface area contributed by atoms with E-state index in [1.165, 1.54) is 7.11 Å². The lowest BCUT2D eigenvalue weighted by molar-refractivity contribution is -0.124. The molecule has 21 heavy (non-hydrogen) atoms. The zero-order valence-electron chi connectivity index (χ0n) is 13.3. The van der Waals surface area contributed by atoms with Gasteiger partial charge in [-0.3, -0.25) is 4.79 Å². The lowest BCUT2D eigenvalue weighted by Gasteiger charge is -2.18. The molecule has 7 heteroatoms. The fourth-order valence-electron chi connectivity index (χ4n) is 1.99. The Morgan fingerprint density at radius 2 is 2.00 bits per heavy atom. The van der Waals surface area contributed by atoms with Crippen LogP contribution in [0, 0.1) is 5.92 Å². The number of anilines is 1. The second-order valence-corrected chi connectivity index (χ2v) is 5.29. The number of amides is 1. The lowest BCUT2D eigenvalue weighted by Crippen LogP contribution is -2.34. The molecule has 1 rings (SSSR count).